The number of alkyl halides is 3. The highest BCUT2D eigenvalue weighted by Gasteiger charge is 2.33. The van der Waals surface area contributed by atoms with Crippen molar-refractivity contribution in [3.05, 3.63) is 29.8 Å². The number of nitrogens with one attached hydrogen (secondary N) is 2. The van der Waals surface area contributed by atoms with Crippen LogP contribution in [-0.2, 0) is 11.0 Å². The summed E-state index contributed by atoms with van der Waals surface area (Å²) in [6.45, 7) is 5.91. The third-order valence-corrected chi connectivity index (χ3v) is 2.68. The zero-order valence-corrected chi connectivity index (χ0v) is 11.7. The molecule has 2 N–H and O–H groups in total. The molecule has 6 heteroatoms. The second-order valence-electron chi connectivity index (χ2n) is 5.05. The van der Waals surface area contributed by atoms with Crippen LogP contribution in [0.5, 0.6) is 0 Å². The Morgan fingerprint density at radius 2 is 1.80 bits per heavy atom. The molecule has 1 aromatic carbocycles. The topological polar surface area (TPSA) is 41.1 Å². The summed E-state index contributed by atoms with van der Waals surface area (Å²) in [6, 6.07) is 4.38. The van der Waals surface area contributed by atoms with Gasteiger partial charge in [-0.2, -0.15) is 13.2 Å². The Balaban J connectivity index is 2.76. The summed E-state index contributed by atoms with van der Waals surface area (Å²) in [6.07, 6.45) is -4.45. The maximum absolute atomic E-state index is 12.8. The number of carbonyl (C=O) groups excluding carboxylic acids is 1. The minimum atomic E-state index is -4.45. The van der Waals surface area contributed by atoms with E-state index in [2.05, 4.69) is 10.6 Å². The summed E-state index contributed by atoms with van der Waals surface area (Å²) in [4.78, 5) is 11.8. The van der Waals surface area contributed by atoms with Crippen molar-refractivity contribution < 1.29 is 18.0 Å². The molecule has 0 aliphatic heterocycles. The highest BCUT2D eigenvalue weighted by Crippen LogP contribution is 2.34. The molecule has 112 valence electrons. The average Bonchev–Trinajstić information content (AvgIpc) is 2.35. The van der Waals surface area contributed by atoms with Crippen LogP contribution >= 0.6 is 0 Å². The van der Waals surface area contributed by atoms with Crippen LogP contribution in [0.3, 0.4) is 0 Å². The highest BCUT2D eigenvalue weighted by molar-refractivity contribution is 5.84. The van der Waals surface area contributed by atoms with Gasteiger partial charge in [0.2, 0.25) is 5.91 Å². The number of hydrogen-bond acceptors (Lipinski definition) is 2. The third-order valence-electron chi connectivity index (χ3n) is 2.68. The molecule has 1 atom stereocenters. The molecule has 0 radical (unpaired) electrons. The van der Waals surface area contributed by atoms with Gasteiger partial charge in [0.05, 0.1) is 5.56 Å². The predicted octanol–water partition coefficient (Wildman–Crippen LogP) is 3.28. The van der Waals surface area contributed by atoms with Crippen LogP contribution in [0.25, 0.3) is 0 Å². The number of amides is 1. The Bertz CT molecular complexity index is 458. The zero-order chi connectivity index (χ0) is 15.3. The molecule has 0 heterocycles. The fourth-order valence-electron chi connectivity index (χ4n) is 1.61. The molecule has 0 spiro atoms. The van der Waals surface area contributed by atoms with Crippen molar-refractivity contribution in [2.24, 2.45) is 5.92 Å². The zero-order valence-electron chi connectivity index (χ0n) is 11.7. The van der Waals surface area contributed by atoms with E-state index in [-0.39, 0.29) is 17.5 Å². The summed E-state index contributed by atoms with van der Waals surface area (Å²) in [5.41, 5.74) is -0.865. The summed E-state index contributed by atoms with van der Waals surface area (Å²) < 4.78 is 38.4. The average molecular weight is 288 g/mol. The van der Waals surface area contributed by atoms with Crippen molar-refractivity contribution in [1.82, 2.24) is 5.32 Å². The largest absolute Gasteiger partial charge is 0.418 e. The van der Waals surface area contributed by atoms with Crippen molar-refractivity contribution in [2.45, 2.75) is 33.0 Å². The van der Waals surface area contributed by atoms with Crippen LogP contribution in [-0.4, -0.2) is 18.5 Å². The molecule has 1 rings (SSSR count). The number of hydrogen-bond donors (Lipinski definition) is 2. The smallest absolute Gasteiger partial charge is 0.373 e. The Morgan fingerprint density at radius 3 is 2.35 bits per heavy atom. The van der Waals surface area contributed by atoms with E-state index in [1.54, 1.807) is 0 Å². The van der Waals surface area contributed by atoms with E-state index in [4.69, 9.17) is 0 Å². The van der Waals surface area contributed by atoms with Gasteiger partial charge < -0.3 is 10.6 Å². The van der Waals surface area contributed by atoms with E-state index in [1.165, 1.54) is 25.1 Å². The SMILES string of the molecule is CC(C)CNC(=O)C(C)Nc1ccccc1C(F)(F)F. The van der Waals surface area contributed by atoms with Crippen LogP contribution in [0.2, 0.25) is 0 Å². The molecule has 20 heavy (non-hydrogen) atoms. The van der Waals surface area contributed by atoms with Crippen LogP contribution in [0, 0.1) is 5.92 Å². The van der Waals surface area contributed by atoms with Crippen molar-refractivity contribution in [3.63, 3.8) is 0 Å². The summed E-state index contributed by atoms with van der Waals surface area (Å²) in [7, 11) is 0. The van der Waals surface area contributed by atoms with Gasteiger partial charge in [0.15, 0.2) is 0 Å². The van der Waals surface area contributed by atoms with Gasteiger partial charge in [0, 0.05) is 12.2 Å². The lowest BCUT2D eigenvalue weighted by atomic mass is 10.1. The molecule has 0 saturated heterocycles. The maximum atomic E-state index is 12.8. The summed E-state index contributed by atoms with van der Waals surface area (Å²) in [5, 5.41) is 5.29. The number of benzene rings is 1. The van der Waals surface area contributed by atoms with E-state index in [0.29, 0.717) is 6.54 Å². The molecule has 0 aromatic heterocycles. The Kier molecular flexibility index (Phi) is 5.42. The number of carbonyl (C=O) groups is 1. The molecular weight excluding hydrogens is 269 g/mol. The first kappa shape index (κ1) is 16.3. The molecule has 0 aliphatic carbocycles. The van der Waals surface area contributed by atoms with Crippen LogP contribution < -0.4 is 10.6 Å². The van der Waals surface area contributed by atoms with Gasteiger partial charge >= 0.3 is 6.18 Å². The Hall–Kier alpha value is -1.72. The van der Waals surface area contributed by atoms with Crippen LogP contribution in [0.4, 0.5) is 18.9 Å². The number of anilines is 1. The first-order chi connectivity index (χ1) is 9.21. The minimum absolute atomic E-state index is 0.0906. The van der Waals surface area contributed by atoms with Gasteiger partial charge in [-0.3, -0.25) is 4.79 Å². The Labute approximate surface area is 116 Å². The van der Waals surface area contributed by atoms with Crippen molar-refractivity contribution in [3.8, 4) is 0 Å². The van der Waals surface area contributed by atoms with E-state index in [1.807, 2.05) is 13.8 Å². The lowest BCUT2D eigenvalue weighted by Gasteiger charge is -2.19. The van der Waals surface area contributed by atoms with E-state index >= 15 is 0 Å². The predicted molar refractivity (Wildman–Crippen MR) is 72.4 cm³/mol. The second kappa shape index (κ2) is 6.63. The van der Waals surface area contributed by atoms with E-state index in [9.17, 15) is 18.0 Å². The van der Waals surface area contributed by atoms with Gasteiger partial charge in [-0.05, 0) is 25.0 Å². The normalized spacial score (nSPS) is 13.2. The summed E-state index contributed by atoms with van der Waals surface area (Å²) in [5.74, 6) is -0.0377. The summed E-state index contributed by atoms with van der Waals surface area (Å²) >= 11 is 0. The Morgan fingerprint density at radius 1 is 1.20 bits per heavy atom. The maximum Gasteiger partial charge on any atom is 0.418 e. The molecular formula is C14H19F3N2O. The van der Waals surface area contributed by atoms with Crippen molar-refractivity contribution in [1.29, 1.82) is 0 Å². The first-order valence-electron chi connectivity index (χ1n) is 6.42. The van der Waals surface area contributed by atoms with Gasteiger partial charge in [-0.1, -0.05) is 26.0 Å². The molecule has 1 aromatic rings. The standard InChI is InChI=1S/C14H19F3N2O/c1-9(2)8-18-13(20)10(3)19-12-7-5-4-6-11(12)14(15,16)17/h4-7,9-10,19H,8H2,1-3H3,(H,18,20). The first-order valence-corrected chi connectivity index (χ1v) is 6.42. The third kappa shape index (κ3) is 4.75. The quantitative estimate of drug-likeness (QED) is 0.873. The fourth-order valence-corrected chi connectivity index (χ4v) is 1.61. The van der Waals surface area contributed by atoms with Crippen LogP contribution in [0.1, 0.15) is 26.3 Å². The molecule has 1 amide bonds. The van der Waals surface area contributed by atoms with Crippen molar-refractivity contribution in [2.75, 3.05) is 11.9 Å². The molecule has 3 nitrogen and oxygen atoms in total. The fraction of sp³-hybridized carbons (Fsp3) is 0.500. The number of para-hydroxylation sites is 1. The van der Waals surface area contributed by atoms with Gasteiger partial charge in [-0.25, -0.2) is 0 Å². The van der Waals surface area contributed by atoms with Gasteiger partial charge in [0.1, 0.15) is 6.04 Å². The molecule has 0 aliphatic rings. The minimum Gasteiger partial charge on any atom is -0.373 e. The van der Waals surface area contributed by atoms with Crippen LogP contribution in [0.15, 0.2) is 24.3 Å². The monoisotopic (exact) mass is 288 g/mol. The van der Waals surface area contributed by atoms with E-state index < -0.39 is 17.8 Å². The molecule has 0 saturated carbocycles. The lowest BCUT2D eigenvalue weighted by molar-refractivity contribution is -0.137. The molecule has 0 bridgehead atoms. The second-order valence-corrected chi connectivity index (χ2v) is 5.05. The van der Waals surface area contributed by atoms with Crippen molar-refractivity contribution >= 4 is 11.6 Å². The number of rotatable bonds is 5. The van der Waals surface area contributed by atoms with E-state index in [0.717, 1.165) is 6.07 Å². The number of halogens is 3. The molecule has 1 unspecified atom stereocenters. The van der Waals surface area contributed by atoms with Gasteiger partial charge in [0.25, 0.3) is 0 Å². The lowest BCUT2D eigenvalue weighted by Crippen LogP contribution is -2.39. The highest BCUT2D eigenvalue weighted by atomic mass is 19.4. The molecule has 0 fully saturated rings. The van der Waals surface area contributed by atoms with Gasteiger partial charge in [-0.15, -0.1) is 0 Å².